The molecule has 2 amide bonds. The number of pyridine rings is 1. The first-order chi connectivity index (χ1) is 15.1. The molecule has 2 heterocycles. The molecule has 0 aliphatic heterocycles. The quantitative estimate of drug-likeness (QED) is 0.605. The Morgan fingerprint density at radius 2 is 2.06 bits per heavy atom. The maximum Gasteiger partial charge on any atom is 0.390 e. The highest BCUT2D eigenvalue weighted by Crippen LogP contribution is 2.35. The van der Waals surface area contributed by atoms with Crippen molar-refractivity contribution in [3.63, 3.8) is 0 Å². The topological polar surface area (TPSA) is 71.3 Å². The molecule has 0 radical (unpaired) electrons. The molecular formula is C21H25ClF3N5O2. The number of carbonyl (C=O) groups excluding carboxylic acids is 2. The van der Waals surface area contributed by atoms with Crippen LogP contribution in [-0.4, -0.2) is 56.8 Å². The summed E-state index contributed by atoms with van der Waals surface area (Å²) in [7, 11) is 0. The number of carbonyl (C=O) groups is 2. The number of aromatic nitrogens is 3. The highest BCUT2D eigenvalue weighted by atomic mass is 35.5. The van der Waals surface area contributed by atoms with Gasteiger partial charge in [0.1, 0.15) is 5.69 Å². The second-order valence-electron chi connectivity index (χ2n) is 7.78. The Morgan fingerprint density at radius 1 is 1.31 bits per heavy atom. The Labute approximate surface area is 189 Å². The van der Waals surface area contributed by atoms with Crippen LogP contribution in [0.4, 0.5) is 18.9 Å². The van der Waals surface area contributed by atoms with Gasteiger partial charge in [-0.15, -0.1) is 0 Å². The Hall–Kier alpha value is -2.62. The summed E-state index contributed by atoms with van der Waals surface area (Å²) in [5, 5.41) is 4.42. The van der Waals surface area contributed by atoms with Gasteiger partial charge in [-0.25, -0.2) is 4.68 Å². The van der Waals surface area contributed by atoms with E-state index in [1.54, 1.807) is 30.7 Å². The van der Waals surface area contributed by atoms with E-state index in [0.29, 0.717) is 37.2 Å². The molecule has 2 unspecified atom stereocenters. The summed E-state index contributed by atoms with van der Waals surface area (Å²) >= 11 is 6.32. The highest BCUT2D eigenvalue weighted by molar-refractivity contribution is 6.32. The van der Waals surface area contributed by atoms with E-state index in [1.807, 2.05) is 6.92 Å². The van der Waals surface area contributed by atoms with Crippen molar-refractivity contribution in [3.8, 4) is 5.69 Å². The third-order valence-electron chi connectivity index (χ3n) is 5.67. The first-order valence-electron chi connectivity index (χ1n) is 10.4. The van der Waals surface area contributed by atoms with Crippen LogP contribution in [0.2, 0.25) is 5.15 Å². The van der Waals surface area contributed by atoms with Crippen LogP contribution in [0.25, 0.3) is 5.69 Å². The lowest BCUT2D eigenvalue weighted by molar-refractivity contribution is -0.146. The number of anilines is 1. The van der Waals surface area contributed by atoms with Crippen LogP contribution < -0.4 is 4.90 Å². The monoisotopic (exact) mass is 471 g/mol. The molecule has 2 aromatic heterocycles. The third-order valence-corrected chi connectivity index (χ3v) is 5.94. The van der Waals surface area contributed by atoms with Crippen molar-refractivity contribution in [1.82, 2.24) is 19.7 Å². The van der Waals surface area contributed by atoms with E-state index in [2.05, 4.69) is 10.1 Å². The molecule has 0 saturated heterocycles. The molecule has 11 heteroatoms. The van der Waals surface area contributed by atoms with Crippen LogP contribution >= 0.6 is 11.6 Å². The second-order valence-corrected chi connectivity index (χ2v) is 8.14. The van der Waals surface area contributed by atoms with Gasteiger partial charge in [-0.2, -0.15) is 18.3 Å². The highest BCUT2D eigenvalue weighted by Gasteiger charge is 2.38. The predicted molar refractivity (Wildman–Crippen MR) is 114 cm³/mol. The van der Waals surface area contributed by atoms with Gasteiger partial charge in [0.15, 0.2) is 5.15 Å². The summed E-state index contributed by atoms with van der Waals surface area (Å²) < 4.78 is 39.5. The lowest BCUT2D eigenvalue weighted by Gasteiger charge is -2.29. The summed E-state index contributed by atoms with van der Waals surface area (Å²) in [5.41, 5.74) is 1.14. The minimum Gasteiger partial charge on any atom is -0.340 e. The lowest BCUT2D eigenvalue weighted by atomic mass is 10.1. The molecule has 0 N–H and O–H groups in total. The van der Waals surface area contributed by atoms with E-state index in [9.17, 15) is 22.8 Å². The van der Waals surface area contributed by atoms with Gasteiger partial charge in [-0.3, -0.25) is 14.6 Å². The molecule has 0 bridgehead atoms. The van der Waals surface area contributed by atoms with Gasteiger partial charge in [-0.1, -0.05) is 11.6 Å². The molecule has 1 aliphatic carbocycles. The van der Waals surface area contributed by atoms with Gasteiger partial charge in [-0.05, 0) is 38.3 Å². The van der Waals surface area contributed by atoms with Crippen LogP contribution in [0.3, 0.4) is 0 Å². The van der Waals surface area contributed by atoms with Gasteiger partial charge in [0, 0.05) is 38.2 Å². The molecule has 1 aliphatic rings. The molecule has 1 saturated carbocycles. The first-order valence-corrected chi connectivity index (χ1v) is 10.8. The first kappa shape index (κ1) is 24.0. The van der Waals surface area contributed by atoms with Crippen molar-refractivity contribution in [2.24, 2.45) is 5.92 Å². The van der Waals surface area contributed by atoms with Crippen LogP contribution in [-0.2, 0) is 9.59 Å². The molecule has 0 aromatic carbocycles. The number of amides is 2. The van der Waals surface area contributed by atoms with E-state index < -0.39 is 37.0 Å². The Balaban J connectivity index is 1.73. The smallest absolute Gasteiger partial charge is 0.340 e. The molecule has 7 nitrogen and oxygen atoms in total. The zero-order chi connectivity index (χ0) is 23.5. The van der Waals surface area contributed by atoms with E-state index in [4.69, 9.17) is 11.6 Å². The fourth-order valence-electron chi connectivity index (χ4n) is 4.12. The van der Waals surface area contributed by atoms with Crippen molar-refractivity contribution in [3.05, 3.63) is 35.9 Å². The van der Waals surface area contributed by atoms with Gasteiger partial charge < -0.3 is 9.80 Å². The lowest BCUT2D eigenvalue weighted by Crippen LogP contribution is -2.41. The fraction of sp³-hybridized carbons (Fsp3) is 0.524. The SMILES string of the molecule is CCN(C(=O)C1CCC(N(CCC(F)(F)F)C(C)=O)C1)c1cn(-c2cccnc2)nc1Cl. The average Bonchev–Trinajstić information content (AvgIpc) is 3.36. The van der Waals surface area contributed by atoms with Crippen molar-refractivity contribution in [1.29, 1.82) is 0 Å². The molecule has 1 fully saturated rings. The molecule has 174 valence electrons. The molecule has 3 rings (SSSR count). The zero-order valence-corrected chi connectivity index (χ0v) is 18.6. The van der Waals surface area contributed by atoms with Crippen molar-refractivity contribution in [2.45, 2.75) is 51.7 Å². The van der Waals surface area contributed by atoms with Crippen LogP contribution in [0.5, 0.6) is 0 Å². The van der Waals surface area contributed by atoms with Crippen molar-refractivity contribution < 1.29 is 22.8 Å². The maximum atomic E-state index is 13.3. The predicted octanol–water partition coefficient (Wildman–Crippen LogP) is 4.24. The number of hydrogen-bond acceptors (Lipinski definition) is 4. The van der Waals surface area contributed by atoms with Crippen LogP contribution in [0.1, 0.15) is 39.5 Å². The summed E-state index contributed by atoms with van der Waals surface area (Å²) in [5.74, 6) is -1.01. The number of rotatable bonds is 7. The molecule has 2 atom stereocenters. The maximum absolute atomic E-state index is 13.3. The average molecular weight is 472 g/mol. The van der Waals surface area contributed by atoms with Gasteiger partial charge in [0.25, 0.3) is 0 Å². The summed E-state index contributed by atoms with van der Waals surface area (Å²) in [6, 6.07) is 3.17. The van der Waals surface area contributed by atoms with E-state index in [-0.39, 0.29) is 11.1 Å². The minimum absolute atomic E-state index is 0.161. The Bertz CT molecular complexity index is 951. The summed E-state index contributed by atoms with van der Waals surface area (Å²) in [6.07, 6.45) is 0.784. The van der Waals surface area contributed by atoms with Crippen LogP contribution in [0.15, 0.2) is 30.7 Å². The molecule has 32 heavy (non-hydrogen) atoms. The van der Waals surface area contributed by atoms with E-state index in [0.717, 1.165) is 0 Å². The Morgan fingerprint density at radius 3 is 2.66 bits per heavy atom. The normalized spacial score (nSPS) is 18.6. The van der Waals surface area contributed by atoms with Crippen molar-refractivity contribution >= 4 is 29.1 Å². The number of alkyl halides is 3. The van der Waals surface area contributed by atoms with Crippen molar-refractivity contribution in [2.75, 3.05) is 18.0 Å². The van der Waals surface area contributed by atoms with E-state index in [1.165, 1.54) is 21.4 Å². The Kier molecular flexibility index (Phi) is 7.43. The third kappa shape index (κ3) is 5.59. The van der Waals surface area contributed by atoms with Gasteiger partial charge in [0.2, 0.25) is 11.8 Å². The summed E-state index contributed by atoms with van der Waals surface area (Å²) in [4.78, 5) is 32.0. The molecule has 0 spiro atoms. The zero-order valence-electron chi connectivity index (χ0n) is 17.8. The molecular weight excluding hydrogens is 447 g/mol. The largest absolute Gasteiger partial charge is 0.390 e. The number of hydrogen-bond donors (Lipinski definition) is 0. The standard InChI is InChI=1S/C21H25ClF3N5O2/c1-3-28(18-13-30(27-19(18)22)17-5-4-9-26-12-17)20(32)15-6-7-16(11-15)29(14(2)31)10-8-21(23,24)25/h4-5,9,12-13,15-16H,3,6-8,10-11H2,1-2H3. The van der Waals surface area contributed by atoms with Gasteiger partial charge >= 0.3 is 6.18 Å². The van der Waals surface area contributed by atoms with E-state index >= 15 is 0 Å². The number of nitrogens with zero attached hydrogens (tertiary/aromatic N) is 5. The fourth-order valence-corrected chi connectivity index (χ4v) is 4.35. The minimum atomic E-state index is -4.34. The number of halogens is 4. The van der Waals surface area contributed by atoms with Gasteiger partial charge in [0.05, 0.1) is 24.5 Å². The van der Waals surface area contributed by atoms with Crippen LogP contribution in [0, 0.1) is 5.92 Å². The molecule has 2 aromatic rings. The summed E-state index contributed by atoms with van der Waals surface area (Å²) in [6.45, 7) is 3.03. The second kappa shape index (κ2) is 9.89.